The van der Waals surface area contributed by atoms with E-state index in [1.165, 1.54) is 4.31 Å². The second kappa shape index (κ2) is 7.38. The van der Waals surface area contributed by atoms with E-state index < -0.39 is 27.8 Å². The number of carbonyl (C=O) groups excluding carboxylic acids is 2. The Bertz CT molecular complexity index is 831. The number of hydrazine groups is 1. The van der Waals surface area contributed by atoms with E-state index in [4.69, 9.17) is 0 Å². The fourth-order valence-corrected chi connectivity index (χ4v) is 5.34. The van der Waals surface area contributed by atoms with Crippen LogP contribution in [-0.4, -0.2) is 42.6 Å². The molecule has 3 rings (SSSR count). The normalized spacial score (nSPS) is 18.6. The minimum Gasteiger partial charge on any atom is -0.357 e. The Hall–Kier alpha value is -2.17. The van der Waals surface area contributed by atoms with Crippen LogP contribution in [0.1, 0.15) is 23.3 Å². The molecule has 8 nitrogen and oxygen atoms in total. The van der Waals surface area contributed by atoms with E-state index in [9.17, 15) is 18.0 Å². The zero-order chi connectivity index (χ0) is 17.9. The summed E-state index contributed by atoms with van der Waals surface area (Å²) in [5.74, 6) is -1.37. The third-order valence-electron chi connectivity index (χ3n) is 3.99. The quantitative estimate of drug-likeness (QED) is 0.683. The van der Waals surface area contributed by atoms with Gasteiger partial charge in [0.2, 0.25) is 5.91 Å². The molecule has 2 aromatic heterocycles. The van der Waals surface area contributed by atoms with Gasteiger partial charge in [0, 0.05) is 19.3 Å². The Morgan fingerprint density at radius 3 is 2.76 bits per heavy atom. The third-order valence-corrected chi connectivity index (χ3v) is 7.22. The van der Waals surface area contributed by atoms with Crippen molar-refractivity contribution >= 4 is 33.2 Å². The summed E-state index contributed by atoms with van der Waals surface area (Å²) in [6, 6.07) is 6.49. The van der Waals surface area contributed by atoms with Crippen LogP contribution in [-0.2, 0) is 14.8 Å². The number of hydrogen-bond donors (Lipinski definition) is 3. The maximum absolute atomic E-state index is 12.6. The minimum atomic E-state index is -3.57. The highest BCUT2D eigenvalue weighted by Crippen LogP contribution is 2.26. The number of aromatic amines is 1. The molecule has 3 N–H and O–H groups in total. The minimum absolute atomic E-state index is 0.102. The highest BCUT2D eigenvalue weighted by Gasteiger charge is 2.33. The third kappa shape index (κ3) is 3.91. The molecule has 2 amide bonds. The van der Waals surface area contributed by atoms with Gasteiger partial charge in [-0.2, -0.15) is 4.31 Å². The Morgan fingerprint density at radius 1 is 1.24 bits per heavy atom. The molecular weight excluding hydrogens is 364 g/mol. The van der Waals surface area contributed by atoms with Gasteiger partial charge >= 0.3 is 0 Å². The highest BCUT2D eigenvalue weighted by molar-refractivity contribution is 7.91. The zero-order valence-corrected chi connectivity index (χ0v) is 14.9. The fraction of sp³-hybridized carbons (Fsp3) is 0.333. The smallest absolute Gasteiger partial charge is 0.286 e. The molecule has 0 radical (unpaired) electrons. The van der Waals surface area contributed by atoms with Gasteiger partial charge in [0.1, 0.15) is 9.90 Å². The van der Waals surface area contributed by atoms with Crippen LogP contribution in [0.5, 0.6) is 0 Å². The van der Waals surface area contributed by atoms with Gasteiger partial charge in [0.25, 0.3) is 15.9 Å². The Labute approximate surface area is 149 Å². The molecule has 1 aliphatic heterocycles. The Kier molecular flexibility index (Phi) is 5.21. The van der Waals surface area contributed by atoms with Crippen molar-refractivity contribution < 1.29 is 18.0 Å². The number of aromatic nitrogens is 1. The molecule has 134 valence electrons. The van der Waals surface area contributed by atoms with E-state index in [1.54, 1.807) is 35.8 Å². The second-order valence-electron chi connectivity index (χ2n) is 5.66. The average Bonchev–Trinajstić information content (AvgIpc) is 3.33. The molecule has 25 heavy (non-hydrogen) atoms. The van der Waals surface area contributed by atoms with Crippen LogP contribution in [0.4, 0.5) is 0 Å². The molecule has 0 spiro atoms. The van der Waals surface area contributed by atoms with E-state index in [-0.39, 0.29) is 10.8 Å². The lowest BCUT2D eigenvalue weighted by Gasteiger charge is -2.30. The molecule has 1 fully saturated rings. The van der Waals surface area contributed by atoms with Crippen LogP contribution < -0.4 is 10.9 Å². The van der Waals surface area contributed by atoms with Gasteiger partial charge in [0.05, 0.1) is 5.92 Å². The van der Waals surface area contributed by atoms with E-state index >= 15 is 0 Å². The molecular formula is C15H18N4O4S2. The lowest BCUT2D eigenvalue weighted by molar-refractivity contribution is -0.126. The molecule has 1 aliphatic rings. The number of carbonyl (C=O) groups is 2. The second-order valence-corrected chi connectivity index (χ2v) is 8.77. The zero-order valence-electron chi connectivity index (χ0n) is 13.3. The number of hydrogen-bond acceptors (Lipinski definition) is 5. The Balaban J connectivity index is 1.59. The summed E-state index contributed by atoms with van der Waals surface area (Å²) < 4.78 is 26.7. The fourth-order valence-electron chi connectivity index (χ4n) is 2.67. The monoisotopic (exact) mass is 382 g/mol. The van der Waals surface area contributed by atoms with Crippen molar-refractivity contribution in [1.82, 2.24) is 20.1 Å². The number of sulfonamides is 1. The van der Waals surface area contributed by atoms with Crippen LogP contribution >= 0.6 is 11.3 Å². The lowest BCUT2D eigenvalue weighted by Crippen LogP contribution is -2.49. The average molecular weight is 382 g/mol. The largest absolute Gasteiger partial charge is 0.357 e. The molecule has 3 heterocycles. The van der Waals surface area contributed by atoms with E-state index in [1.807, 2.05) is 0 Å². The molecule has 1 saturated heterocycles. The molecule has 0 unspecified atom stereocenters. The number of rotatable bonds is 4. The summed E-state index contributed by atoms with van der Waals surface area (Å²) in [7, 11) is -3.57. The van der Waals surface area contributed by atoms with Crippen molar-refractivity contribution in [3.63, 3.8) is 0 Å². The van der Waals surface area contributed by atoms with Gasteiger partial charge in [-0.15, -0.1) is 11.3 Å². The van der Waals surface area contributed by atoms with Crippen molar-refractivity contribution in [3.8, 4) is 0 Å². The van der Waals surface area contributed by atoms with Crippen LogP contribution in [0, 0.1) is 5.92 Å². The number of nitrogens with one attached hydrogen (secondary N) is 3. The highest BCUT2D eigenvalue weighted by atomic mass is 32.2. The predicted molar refractivity (Wildman–Crippen MR) is 92.2 cm³/mol. The predicted octanol–water partition coefficient (Wildman–Crippen LogP) is 0.938. The summed E-state index contributed by atoms with van der Waals surface area (Å²) in [4.78, 5) is 26.8. The van der Waals surface area contributed by atoms with Crippen molar-refractivity contribution in [2.24, 2.45) is 5.92 Å². The molecule has 0 aromatic carbocycles. The summed E-state index contributed by atoms with van der Waals surface area (Å²) in [5, 5.41) is 1.71. The molecule has 1 atom stereocenters. The van der Waals surface area contributed by atoms with Gasteiger partial charge in [-0.3, -0.25) is 20.4 Å². The first-order valence-corrected chi connectivity index (χ1v) is 10.1. The topological polar surface area (TPSA) is 111 Å². The number of amides is 2. The standard InChI is InChI=1S/C15H18N4O4S2/c20-14(17-18-15(21)12-5-1-7-16-12)11-4-2-8-19(10-11)25(22,23)13-6-3-9-24-13/h1,3,5-7,9,11,16H,2,4,8,10H2,(H,17,20)(H,18,21)/t11-/m0/s1. The van der Waals surface area contributed by atoms with E-state index in [0.29, 0.717) is 25.1 Å². The molecule has 0 saturated carbocycles. The van der Waals surface area contributed by atoms with Crippen molar-refractivity contribution in [2.75, 3.05) is 13.1 Å². The van der Waals surface area contributed by atoms with Crippen LogP contribution in [0.2, 0.25) is 0 Å². The van der Waals surface area contributed by atoms with Gasteiger partial charge in [-0.05, 0) is 36.4 Å². The number of H-pyrrole nitrogens is 1. The summed E-state index contributed by atoms with van der Waals surface area (Å²) in [6.07, 6.45) is 2.76. The number of piperidine rings is 1. The van der Waals surface area contributed by atoms with Crippen molar-refractivity contribution in [2.45, 2.75) is 17.1 Å². The van der Waals surface area contributed by atoms with Gasteiger partial charge < -0.3 is 4.98 Å². The van der Waals surface area contributed by atoms with E-state index in [0.717, 1.165) is 11.3 Å². The van der Waals surface area contributed by atoms with Crippen molar-refractivity contribution in [1.29, 1.82) is 0 Å². The SMILES string of the molecule is O=C(NNC(=O)[C@H]1CCCN(S(=O)(=O)c2cccs2)C1)c1ccc[nH]1. The Morgan fingerprint density at radius 2 is 2.08 bits per heavy atom. The lowest BCUT2D eigenvalue weighted by atomic mass is 9.99. The van der Waals surface area contributed by atoms with E-state index in [2.05, 4.69) is 15.8 Å². The maximum atomic E-state index is 12.6. The molecule has 10 heteroatoms. The first-order chi connectivity index (χ1) is 12.0. The number of thiophene rings is 1. The van der Waals surface area contributed by atoms with Crippen LogP contribution in [0.15, 0.2) is 40.1 Å². The van der Waals surface area contributed by atoms with Gasteiger partial charge in [0.15, 0.2) is 0 Å². The van der Waals surface area contributed by atoms with Crippen LogP contribution in [0.25, 0.3) is 0 Å². The maximum Gasteiger partial charge on any atom is 0.286 e. The number of nitrogens with zero attached hydrogens (tertiary/aromatic N) is 1. The van der Waals surface area contributed by atoms with Gasteiger partial charge in [-0.1, -0.05) is 6.07 Å². The summed E-state index contributed by atoms with van der Waals surface area (Å²) in [5.41, 5.74) is 5.02. The summed E-state index contributed by atoms with van der Waals surface area (Å²) >= 11 is 1.16. The first kappa shape index (κ1) is 17.6. The van der Waals surface area contributed by atoms with Crippen molar-refractivity contribution in [3.05, 3.63) is 41.5 Å². The molecule has 0 bridgehead atoms. The van der Waals surface area contributed by atoms with Crippen LogP contribution in [0.3, 0.4) is 0 Å². The van der Waals surface area contributed by atoms with Gasteiger partial charge in [-0.25, -0.2) is 8.42 Å². The molecule has 2 aromatic rings. The molecule has 0 aliphatic carbocycles. The summed E-state index contributed by atoms with van der Waals surface area (Å²) in [6.45, 7) is 0.489. The first-order valence-electron chi connectivity index (χ1n) is 7.76.